The Balaban J connectivity index is 1.56. The van der Waals surface area contributed by atoms with Crippen molar-refractivity contribution in [3.8, 4) is 11.5 Å². The molecule has 0 radical (unpaired) electrons. The predicted molar refractivity (Wildman–Crippen MR) is 87.9 cm³/mol. The van der Waals surface area contributed by atoms with Crippen LogP contribution in [0.5, 0.6) is 11.5 Å². The number of hydrogen-bond acceptors (Lipinski definition) is 7. The van der Waals surface area contributed by atoms with Crippen molar-refractivity contribution in [3.63, 3.8) is 0 Å². The van der Waals surface area contributed by atoms with Gasteiger partial charge in [-0.2, -0.15) is 0 Å². The maximum absolute atomic E-state index is 12.4. The van der Waals surface area contributed by atoms with E-state index in [1.54, 1.807) is 4.57 Å². The minimum Gasteiger partial charge on any atom is -0.466 e. The highest BCUT2D eigenvalue weighted by Crippen LogP contribution is 2.32. The molecular formula is C16H16N3O5S+. The standard InChI is InChI=1S/C16H15N3O5S/c1-22-14(20)5-13-15(21)19-8-18(7-17-16(19)25-13)6-10-2-3-11-12(4-10)24-9-23-11/h2-5H,6-9H2,1H3/p+1/b13-5+. The van der Waals surface area contributed by atoms with E-state index in [-0.39, 0.29) is 12.4 Å². The molecule has 25 heavy (non-hydrogen) atoms. The highest BCUT2D eigenvalue weighted by atomic mass is 32.1. The number of esters is 1. The molecule has 1 aromatic heterocycles. The van der Waals surface area contributed by atoms with Gasteiger partial charge in [-0.1, -0.05) is 11.3 Å². The van der Waals surface area contributed by atoms with Gasteiger partial charge in [0.25, 0.3) is 5.56 Å². The fourth-order valence-corrected chi connectivity index (χ4v) is 3.77. The first-order chi connectivity index (χ1) is 12.1. The summed E-state index contributed by atoms with van der Waals surface area (Å²) in [6.45, 7) is 2.01. The molecular weight excluding hydrogens is 346 g/mol. The van der Waals surface area contributed by atoms with E-state index >= 15 is 0 Å². The lowest BCUT2D eigenvalue weighted by Crippen LogP contribution is -3.11. The van der Waals surface area contributed by atoms with Crippen molar-refractivity contribution in [3.05, 3.63) is 43.5 Å². The number of nitrogens with zero attached hydrogens (tertiary/aromatic N) is 2. The summed E-state index contributed by atoms with van der Waals surface area (Å²) >= 11 is 1.21. The van der Waals surface area contributed by atoms with E-state index in [1.165, 1.54) is 24.5 Å². The maximum Gasteiger partial charge on any atom is 0.332 e. The zero-order valence-corrected chi connectivity index (χ0v) is 14.3. The average Bonchev–Trinajstić information content (AvgIpc) is 3.20. The molecule has 1 unspecified atom stereocenters. The van der Waals surface area contributed by atoms with Crippen LogP contribution < -0.4 is 29.3 Å². The topological polar surface area (TPSA) is 83.6 Å². The largest absolute Gasteiger partial charge is 0.466 e. The van der Waals surface area contributed by atoms with Crippen LogP contribution in [0.25, 0.3) is 6.08 Å². The molecule has 4 rings (SSSR count). The molecule has 0 saturated heterocycles. The van der Waals surface area contributed by atoms with Crippen molar-refractivity contribution < 1.29 is 23.9 Å². The van der Waals surface area contributed by atoms with Gasteiger partial charge in [0.2, 0.25) is 6.79 Å². The zero-order chi connectivity index (χ0) is 17.4. The first-order valence-electron chi connectivity index (χ1n) is 7.70. The number of methoxy groups -OCH3 is 1. The number of benzene rings is 1. The molecule has 2 aliphatic heterocycles. The molecule has 0 aliphatic carbocycles. The van der Waals surface area contributed by atoms with E-state index in [1.807, 2.05) is 18.2 Å². The van der Waals surface area contributed by atoms with Gasteiger partial charge in [-0.3, -0.25) is 9.69 Å². The van der Waals surface area contributed by atoms with Gasteiger partial charge >= 0.3 is 5.97 Å². The Morgan fingerprint density at radius 3 is 3.12 bits per heavy atom. The lowest BCUT2D eigenvalue weighted by Gasteiger charge is -2.20. The quantitative estimate of drug-likeness (QED) is 0.653. The van der Waals surface area contributed by atoms with Crippen molar-refractivity contribution in [2.75, 3.05) is 20.6 Å². The molecule has 2 aliphatic rings. The Morgan fingerprint density at radius 1 is 1.44 bits per heavy atom. The number of fused-ring (bicyclic) bond motifs is 2. The highest BCUT2D eigenvalue weighted by Gasteiger charge is 2.20. The highest BCUT2D eigenvalue weighted by molar-refractivity contribution is 7.07. The predicted octanol–water partition coefficient (Wildman–Crippen LogP) is -1.77. The van der Waals surface area contributed by atoms with Crippen LogP contribution in [0.4, 0.5) is 0 Å². The summed E-state index contributed by atoms with van der Waals surface area (Å²) in [5.74, 6) is 0.955. The fourth-order valence-electron chi connectivity index (χ4n) is 2.84. The van der Waals surface area contributed by atoms with Crippen LogP contribution in [0.3, 0.4) is 0 Å². The SMILES string of the molecule is COC(=O)/C=c1/sc2n(c1=O)C[NH+](Cc1ccc3c(c1)OCO3)CN=2. The van der Waals surface area contributed by atoms with Gasteiger partial charge in [-0.05, 0) is 18.2 Å². The number of rotatable bonds is 3. The van der Waals surface area contributed by atoms with Crippen molar-refractivity contribution in [1.82, 2.24) is 4.57 Å². The van der Waals surface area contributed by atoms with Crippen molar-refractivity contribution in [2.24, 2.45) is 4.99 Å². The Hall–Kier alpha value is -2.65. The molecule has 9 heteroatoms. The van der Waals surface area contributed by atoms with E-state index < -0.39 is 5.97 Å². The third-order valence-electron chi connectivity index (χ3n) is 4.05. The molecule has 1 aromatic carbocycles. The summed E-state index contributed by atoms with van der Waals surface area (Å²) in [5.41, 5.74) is 0.875. The summed E-state index contributed by atoms with van der Waals surface area (Å²) in [4.78, 5) is 30.0. The van der Waals surface area contributed by atoms with E-state index in [4.69, 9.17) is 9.47 Å². The van der Waals surface area contributed by atoms with Crippen LogP contribution in [0.2, 0.25) is 0 Å². The number of hydrogen-bond donors (Lipinski definition) is 1. The van der Waals surface area contributed by atoms with Gasteiger partial charge in [0.1, 0.15) is 11.1 Å². The molecule has 0 amide bonds. The second-order valence-electron chi connectivity index (χ2n) is 5.74. The van der Waals surface area contributed by atoms with Crippen LogP contribution >= 0.6 is 11.3 Å². The normalized spacial score (nSPS) is 18.6. The summed E-state index contributed by atoms with van der Waals surface area (Å²) in [5, 5.41) is 0. The Kier molecular flexibility index (Phi) is 4.02. The first-order valence-corrected chi connectivity index (χ1v) is 8.51. The molecule has 2 aromatic rings. The van der Waals surface area contributed by atoms with Gasteiger partial charge in [0, 0.05) is 11.6 Å². The third-order valence-corrected chi connectivity index (χ3v) is 5.09. The lowest BCUT2D eigenvalue weighted by atomic mass is 10.2. The number of carbonyl (C=O) groups excluding carboxylic acids is 1. The number of aromatic nitrogens is 1. The zero-order valence-electron chi connectivity index (χ0n) is 13.5. The molecule has 3 heterocycles. The minimum absolute atomic E-state index is 0.211. The van der Waals surface area contributed by atoms with Crippen LogP contribution in [0, 0.1) is 0 Å². The van der Waals surface area contributed by atoms with Crippen LogP contribution in [0.15, 0.2) is 28.0 Å². The molecule has 0 saturated carbocycles. The monoisotopic (exact) mass is 362 g/mol. The Morgan fingerprint density at radius 2 is 2.28 bits per heavy atom. The second-order valence-corrected chi connectivity index (χ2v) is 6.75. The van der Waals surface area contributed by atoms with Crippen LogP contribution in [-0.2, 0) is 22.7 Å². The maximum atomic E-state index is 12.4. The Bertz CT molecular complexity index is 1010. The van der Waals surface area contributed by atoms with Crippen LogP contribution in [0.1, 0.15) is 5.56 Å². The smallest absolute Gasteiger partial charge is 0.332 e. The molecule has 1 atom stereocenters. The molecule has 0 fully saturated rings. The summed E-state index contributed by atoms with van der Waals surface area (Å²) < 4.78 is 17.2. The van der Waals surface area contributed by atoms with Crippen LogP contribution in [-0.4, -0.2) is 31.1 Å². The van der Waals surface area contributed by atoms with Crippen molar-refractivity contribution in [1.29, 1.82) is 0 Å². The second kappa shape index (κ2) is 6.34. The van der Waals surface area contributed by atoms with Gasteiger partial charge in [0.15, 0.2) is 29.6 Å². The molecule has 130 valence electrons. The average molecular weight is 362 g/mol. The number of ether oxygens (including phenoxy) is 3. The van der Waals surface area contributed by atoms with E-state index in [2.05, 4.69) is 9.73 Å². The van der Waals surface area contributed by atoms with Gasteiger partial charge in [0.05, 0.1) is 7.11 Å². The first kappa shape index (κ1) is 15.9. The Labute approximate surface area is 146 Å². The molecule has 8 nitrogen and oxygen atoms in total. The van der Waals surface area contributed by atoms with Crippen molar-refractivity contribution in [2.45, 2.75) is 13.2 Å². The van der Waals surface area contributed by atoms with Gasteiger partial charge in [-0.15, -0.1) is 0 Å². The minimum atomic E-state index is -0.541. The number of carbonyl (C=O) groups is 1. The lowest BCUT2D eigenvalue weighted by molar-refractivity contribution is -0.938. The molecule has 0 spiro atoms. The van der Waals surface area contributed by atoms with Gasteiger partial charge < -0.3 is 14.2 Å². The fraction of sp³-hybridized carbons (Fsp3) is 0.312. The summed E-state index contributed by atoms with van der Waals surface area (Å²) in [6, 6.07) is 5.84. The molecule has 0 bridgehead atoms. The summed E-state index contributed by atoms with van der Waals surface area (Å²) in [7, 11) is 1.28. The number of thiazole rings is 1. The molecule has 1 N–H and O–H groups in total. The van der Waals surface area contributed by atoms with E-state index in [0.717, 1.165) is 22.0 Å². The van der Waals surface area contributed by atoms with E-state index in [0.29, 0.717) is 29.2 Å². The third kappa shape index (κ3) is 3.03. The van der Waals surface area contributed by atoms with E-state index in [9.17, 15) is 9.59 Å². The van der Waals surface area contributed by atoms with Crippen molar-refractivity contribution >= 4 is 23.4 Å². The number of nitrogens with one attached hydrogen (secondary N) is 1. The summed E-state index contributed by atoms with van der Waals surface area (Å²) in [6.07, 6.45) is 1.21. The van der Waals surface area contributed by atoms with Gasteiger partial charge in [-0.25, -0.2) is 14.4 Å². The number of quaternary nitrogens is 1.